The molecule has 2 aromatic rings. The van der Waals surface area contributed by atoms with E-state index in [1.165, 1.54) is 30.3 Å². The molecule has 0 radical (unpaired) electrons. The number of benzene rings is 1. The van der Waals surface area contributed by atoms with Gasteiger partial charge in [-0.3, -0.25) is 0 Å². The van der Waals surface area contributed by atoms with Gasteiger partial charge in [0.2, 0.25) is 0 Å². The van der Waals surface area contributed by atoms with E-state index in [9.17, 15) is 13.2 Å². The second kappa shape index (κ2) is 7.89. The summed E-state index contributed by atoms with van der Waals surface area (Å²) >= 11 is 0. The molecule has 1 aliphatic rings. The van der Waals surface area contributed by atoms with Gasteiger partial charge < -0.3 is 4.74 Å². The molecule has 1 fully saturated rings. The minimum absolute atomic E-state index is 0.215. The first-order valence-corrected chi connectivity index (χ1v) is 10.9. The molecule has 0 spiro atoms. The highest BCUT2D eigenvalue weighted by molar-refractivity contribution is 7.90. The van der Waals surface area contributed by atoms with E-state index in [4.69, 9.17) is 4.74 Å². The molecule has 27 heavy (non-hydrogen) atoms. The normalized spacial score (nSPS) is 15.7. The largest absolute Gasteiger partial charge is 0.465 e. The highest BCUT2D eigenvalue weighted by atomic mass is 32.2. The van der Waals surface area contributed by atoms with E-state index in [-0.39, 0.29) is 4.90 Å². The molecule has 3 rings (SSSR count). The lowest BCUT2D eigenvalue weighted by atomic mass is 9.84. The van der Waals surface area contributed by atoms with Crippen LogP contribution in [0.1, 0.15) is 59.3 Å². The van der Waals surface area contributed by atoms with Crippen molar-refractivity contribution in [2.24, 2.45) is 5.92 Å². The number of esters is 1. The standard InChI is InChI=1S/C21H27NO4S/c1-15-9-11-19(12-10-15)27(24,25)22-14-18(13-17-7-5-4-6-8-17)20(16(22)2)21(23)26-3/h9-12,14,17H,4-8,13H2,1-3H3. The number of methoxy groups -OCH3 is 1. The molecule has 0 saturated heterocycles. The van der Waals surface area contributed by atoms with Gasteiger partial charge in [-0.05, 0) is 43.9 Å². The molecule has 146 valence electrons. The summed E-state index contributed by atoms with van der Waals surface area (Å²) in [6.45, 7) is 3.58. The zero-order valence-corrected chi connectivity index (χ0v) is 17.0. The number of hydrogen-bond donors (Lipinski definition) is 0. The Balaban J connectivity index is 2.05. The predicted molar refractivity (Wildman–Crippen MR) is 105 cm³/mol. The maximum absolute atomic E-state index is 13.1. The minimum atomic E-state index is -3.76. The van der Waals surface area contributed by atoms with Gasteiger partial charge in [0.15, 0.2) is 0 Å². The van der Waals surface area contributed by atoms with Gasteiger partial charge in [-0.15, -0.1) is 0 Å². The monoisotopic (exact) mass is 389 g/mol. The molecule has 0 N–H and O–H groups in total. The quantitative estimate of drug-likeness (QED) is 0.717. The molecule has 1 aromatic heterocycles. The second-order valence-electron chi connectivity index (χ2n) is 7.43. The second-order valence-corrected chi connectivity index (χ2v) is 9.24. The Morgan fingerprint density at radius 2 is 1.74 bits per heavy atom. The number of nitrogens with zero attached hydrogens (tertiary/aromatic N) is 1. The summed E-state index contributed by atoms with van der Waals surface area (Å²) in [5.74, 6) is 0.00986. The Bertz CT molecular complexity index is 920. The van der Waals surface area contributed by atoms with Crippen molar-refractivity contribution < 1.29 is 17.9 Å². The lowest BCUT2D eigenvalue weighted by Crippen LogP contribution is -2.14. The number of aromatic nitrogens is 1. The molecule has 0 unspecified atom stereocenters. The summed E-state index contributed by atoms with van der Waals surface area (Å²) in [7, 11) is -2.43. The number of carbonyl (C=O) groups is 1. The van der Waals surface area contributed by atoms with Crippen LogP contribution in [0.4, 0.5) is 0 Å². The Morgan fingerprint density at radius 3 is 2.33 bits per heavy atom. The Labute approximate surface area is 161 Å². The van der Waals surface area contributed by atoms with E-state index in [0.29, 0.717) is 23.6 Å². The van der Waals surface area contributed by atoms with Crippen molar-refractivity contribution in [3.8, 4) is 0 Å². The lowest BCUT2D eigenvalue weighted by molar-refractivity contribution is 0.0598. The maximum Gasteiger partial charge on any atom is 0.340 e. The van der Waals surface area contributed by atoms with Crippen molar-refractivity contribution in [3.05, 3.63) is 52.8 Å². The number of aryl methyl sites for hydroxylation is 1. The summed E-state index contributed by atoms with van der Waals surface area (Å²) in [4.78, 5) is 12.6. The van der Waals surface area contributed by atoms with E-state index in [1.807, 2.05) is 6.92 Å². The molecule has 6 heteroatoms. The van der Waals surface area contributed by atoms with Crippen molar-refractivity contribution >= 4 is 16.0 Å². The van der Waals surface area contributed by atoms with E-state index in [2.05, 4.69) is 0 Å². The van der Waals surface area contributed by atoms with E-state index in [0.717, 1.165) is 24.0 Å². The summed E-state index contributed by atoms with van der Waals surface area (Å²) in [6, 6.07) is 6.75. The van der Waals surface area contributed by atoms with Gasteiger partial charge in [0, 0.05) is 11.9 Å². The molecule has 0 aliphatic heterocycles. The molecule has 0 bridgehead atoms. The SMILES string of the molecule is COC(=O)c1c(CC2CCCCC2)cn(S(=O)(=O)c2ccc(C)cc2)c1C. The summed E-state index contributed by atoms with van der Waals surface area (Å²) in [5, 5.41) is 0. The Morgan fingerprint density at radius 1 is 1.11 bits per heavy atom. The van der Waals surface area contributed by atoms with Gasteiger partial charge in [0.1, 0.15) is 0 Å². The molecular weight excluding hydrogens is 362 g/mol. The average molecular weight is 390 g/mol. The zero-order valence-electron chi connectivity index (χ0n) is 16.2. The third-order valence-corrected chi connectivity index (χ3v) is 7.25. The first kappa shape index (κ1) is 19.7. The van der Waals surface area contributed by atoms with Crippen molar-refractivity contribution in [1.29, 1.82) is 0 Å². The fraction of sp³-hybridized carbons (Fsp3) is 0.476. The van der Waals surface area contributed by atoms with Crippen LogP contribution >= 0.6 is 0 Å². The van der Waals surface area contributed by atoms with Crippen LogP contribution in [-0.4, -0.2) is 25.5 Å². The number of hydrogen-bond acceptors (Lipinski definition) is 4. The average Bonchev–Trinajstić information content (AvgIpc) is 2.99. The van der Waals surface area contributed by atoms with Crippen molar-refractivity contribution in [2.75, 3.05) is 7.11 Å². The Hall–Kier alpha value is -2.08. The molecule has 0 atom stereocenters. The number of rotatable bonds is 5. The van der Waals surface area contributed by atoms with Crippen LogP contribution in [-0.2, 0) is 21.2 Å². The fourth-order valence-corrected chi connectivity index (χ4v) is 5.38. The van der Waals surface area contributed by atoms with Crippen molar-refractivity contribution in [2.45, 2.75) is 57.3 Å². The van der Waals surface area contributed by atoms with Crippen LogP contribution in [0, 0.1) is 19.8 Å². The van der Waals surface area contributed by atoms with Crippen LogP contribution in [0.25, 0.3) is 0 Å². The molecule has 1 aliphatic carbocycles. The van der Waals surface area contributed by atoms with Crippen LogP contribution in [0.15, 0.2) is 35.4 Å². The molecule has 1 saturated carbocycles. The zero-order chi connectivity index (χ0) is 19.6. The molecule has 1 heterocycles. The van der Waals surface area contributed by atoms with Crippen molar-refractivity contribution in [3.63, 3.8) is 0 Å². The maximum atomic E-state index is 13.1. The van der Waals surface area contributed by atoms with Crippen LogP contribution < -0.4 is 0 Å². The third kappa shape index (κ3) is 3.95. The molecular formula is C21H27NO4S. The van der Waals surface area contributed by atoms with Crippen LogP contribution in [0.5, 0.6) is 0 Å². The Kier molecular flexibility index (Phi) is 5.75. The molecule has 5 nitrogen and oxygen atoms in total. The van der Waals surface area contributed by atoms with Gasteiger partial charge in [-0.1, -0.05) is 49.8 Å². The summed E-state index contributed by atoms with van der Waals surface area (Å²) in [6.07, 6.45) is 8.21. The van der Waals surface area contributed by atoms with Crippen molar-refractivity contribution in [1.82, 2.24) is 3.97 Å². The van der Waals surface area contributed by atoms with Crippen LogP contribution in [0.3, 0.4) is 0 Å². The fourth-order valence-electron chi connectivity index (χ4n) is 3.96. The topological polar surface area (TPSA) is 65.4 Å². The van der Waals surface area contributed by atoms with Gasteiger partial charge in [0.25, 0.3) is 10.0 Å². The van der Waals surface area contributed by atoms with Gasteiger partial charge in [-0.2, -0.15) is 0 Å². The highest BCUT2D eigenvalue weighted by Gasteiger charge is 2.28. The first-order valence-electron chi connectivity index (χ1n) is 9.46. The first-order chi connectivity index (χ1) is 12.8. The van der Waals surface area contributed by atoms with E-state index >= 15 is 0 Å². The van der Waals surface area contributed by atoms with E-state index < -0.39 is 16.0 Å². The molecule has 0 amide bonds. The van der Waals surface area contributed by atoms with Gasteiger partial charge in [-0.25, -0.2) is 17.2 Å². The van der Waals surface area contributed by atoms with E-state index in [1.54, 1.807) is 37.4 Å². The smallest absolute Gasteiger partial charge is 0.340 e. The summed E-state index contributed by atoms with van der Waals surface area (Å²) in [5.41, 5.74) is 2.56. The molecule has 1 aromatic carbocycles. The minimum Gasteiger partial charge on any atom is -0.465 e. The number of ether oxygens (including phenoxy) is 1. The number of carbonyl (C=O) groups excluding carboxylic acids is 1. The summed E-state index contributed by atoms with van der Waals surface area (Å²) < 4.78 is 32.5. The van der Waals surface area contributed by atoms with Gasteiger partial charge in [0.05, 0.1) is 17.6 Å². The third-order valence-electron chi connectivity index (χ3n) is 5.49. The highest BCUT2D eigenvalue weighted by Crippen LogP contribution is 2.31. The van der Waals surface area contributed by atoms with Gasteiger partial charge >= 0.3 is 5.97 Å². The lowest BCUT2D eigenvalue weighted by Gasteiger charge is -2.21. The van der Waals surface area contributed by atoms with Crippen LogP contribution in [0.2, 0.25) is 0 Å². The predicted octanol–water partition coefficient (Wildman–Crippen LogP) is 4.25.